The molecule has 0 aromatic heterocycles. The van der Waals surface area contributed by atoms with E-state index in [1.807, 2.05) is 13.0 Å². The Morgan fingerprint density at radius 2 is 1.89 bits per heavy atom. The highest BCUT2D eigenvalue weighted by Gasteiger charge is 2.17. The minimum Gasteiger partial charge on any atom is -0.457 e. The average molecular weight is 385 g/mol. The molecule has 0 spiro atoms. The van der Waals surface area contributed by atoms with Gasteiger partial charge in [0.2, 0.25) is 0 Å². The molecule has 0 bridgehead atoms. The van der Waals surface area contributed by atoms with Crippen LogP contribution in [-0.2, 0) is 4.74 Å². The molecule has 7 heteroatoms. The quantitative estimate of drug-likeness (QED) is 0.584. The van der Waals surface area contributed by atoms with Crippen LogP contribution in [0.25, 0.3) is 5.70 Å². The standard InChI is InChI=1S/C21H24FN3O3/c1-6-23-25-14(2)15-8-7-9-16(12-15)27-17-10-11-19(18(22)13-17)24-20(26)28-21(3,4)5/h7-13H,2,6H2,1,3-5H3,(H,24,26). The molecular weight excluding hydrogens is 361 g/mol. The number of carbonyl (C=O) groups excluding carboxylic acids is 1. The Morgan fingerprint density at radius 1 is 1.18 bits per heavy atom. The number of amides is 1. The van der Waals surface area contributed by atoms with Crippen molar-refractivity contribution < 1.29 is 18.7 Å². The first-order valence-corrected chi connectivity index (χ1v) is 8.82. The molecule has 0 unspecified atom stereocenters. The van der Waals surface area contributed by atoms with E-state index >= 15 is 0 Å². The second kappa shape index (κ2) is 9.12. The SMILES string of the molecule is C=C(N=NCC)c1cccc(Oc2ccc(NC(=O)OC(C)(C)C)c(F)c2)c1. The highest BCUT2D eigenvalue weighted by Crippen LogP contribution is 2.28. The molecule has 0 heterocycles. The second-order valence-electron chi connectivity index (χ2n) is 6.90. The summed E-state index contributed by atoms with van der Waals surface area (Å²) in [4.78, 5) is 11.8. The number of rotatable bonds is 6. The summed E-state index contributed by atoms with van der Waals surface area (Å²) >= 11 is 0. The molecule has 0 aliphatic rings. The van der Waals surface area contributed by atoms with Crippen molar-refractivity contribution >= 4 is 17.5 Å². The van der Waals surface area contributed by atoms with E-state index in [9.17, 15) is 9.18 Å². The number of nitrogens with one attached hydrogen (secondary N) is 1. The third kappa shape index (κ3) is 6.50. The van der Waals surface area contributed by atoms with Gasteiger partial charge in [-0.3, -0.25) is 5.32 Å². The number of azo groups is 1. The number of hydrogen-bond acceptors (Lipinski definition) is 5. The van der Waals surface area contributed by atoms with E-state index in [1.54, 1.807) is 45.0 Å². The van der Waals surface area contributed by atoms with Gasteiger partial charge < -0.3 is 9.47 Å². The van der Waals surface area contributed by atoms with Crippen LogP contribution in [-0.4, -0.2) is 18.2 Å². The van der Waals surface area contributed by atoms with Crippen molar-refractivity contribution in [3.05, 3.63) is 60.4 Å². The molecule has 2 rings (SSSR count). The van der Waals surface area contributed by atoms with Crippen molar-refractivity contribution in [1.29, 1.82) is 0 Å². The fourth-order valence-electron chi connectivity index (χ4n) is 2.16. The van der Waals surface area contributed by atoms with Gasteiger partial charge in [0.25, 0.3) is 0 Å². The Kier molecular flexibility index (Phi) is 6.87. The van der Waals surface area contributed by atoms with E-state index < -0.39 is 17.5 Å². The topological polar surface area (TPSA) is 72.3 Å². The molecule has 2 aromatic carbocycles. The van der Waals surface area contributed by atoms with Crippen molar-refractivity contribution in [2.24, 2.45) is 10.2 Å². The van der Waals surface area contributed by atoms with Gasteiger partial charge in [-0.1, -0.05) is 18.7 Å². The molecule has 0 saturated heterocycles. The van der Waals surface area contributed by atoms with Crippen LogP contribution in [0.4, 0.5) is 14.9 Å². The first-order valence-electron chi connectivity index (χ1n) is 8.82. The van der Waals surface area contributed by atoms with Crippen molar-refractivity contribution in [3.63, 3.8) is 0 Å². The highest BCUT2D eigenvalue weighted by atomic mass is 19.1. The molecule has 2 aromatic rings. The summed E-state index contributed by atoms with van der Waals surface area (Å²) in [6.07, 6.45) is -0.729. The zero-order chi connectivity index (χ0) is 20.7. The number of anilines is 1. The average Bonchev–Trinajstić information content (AvgIpc) is 2.60. The van der Waals surface area contributed by atoms with Gasteiger partial charge in [-0.05, 0) is 52.0 Å². The number of benzene rings is 2. The van der Waals surface area contributed by atoms with E-state index in [0.717, 1.165) is 5.56 Å². The first-order chi connectivity index (χ1) is 13.2. The lowest BCUT2D eigenvalue weighted by atomic mass is 10.2. The predicted molar refractivity (Wildman–Crippen MR) is 107 cm³/mol. The van der Waals surface area contributed by atoms with Gasteiger partial charge in [-0.15, -0.1) is 0 Å². The van der Waals surface area contributed by atoms with Crippen LogP contribution >= 0.6 is 0 Å². The van der Waals surface area contributed by atoms with E-state index in [4.69, 9.17) is 9.47 Å². The number of carbonyl (C=O) groups is 1. The van der Waals surface area contributed by atoms with Gasteiger partial charge >= 0.3 is 6.09 Å². The molecule has 28 heavy (non-hydrogen) atoms. The van der Waals surface area contributed by atoms with Gasteiger partial charge in [-0.25, -0.2) is 9.18 Å². The summed E-state index contributed by atoms with van der Waals surface area (Å²) in [6.45, 7) is 11.5. The zero-order valence-electron chi connectivity index (χ0n) is 16.5. The van der Waals surface area contributed by atoms with Crippen LogP contribution in [0.5, 0.6) is 11.5 Å². The Morgan fingerprint density at radius 3 is 2.54 bits per heavy atom. The Bertz CT molecular complexity index is 889. The van der Waals surface area contributed by atoms with Gasteiger partial charge in [0.1, 0.15) is 17.1 Å². The third-order valence-corrected chi connectivity index (χ3v) is 3.31. The lowest BCUT2D eigenvalue weighted by Crippen LogP contribution is -2.27. The van der Waals surface area contributed by atoms with Crippen molar-refractivity contribution in [2.45, 2.75) is 33.3 Å². The van der Waals surface area contributed by atoms with Crippen LogP contribution < -0.4 is 10.1 Å². The molecule has 1 N–H and O–H groups in total. The lowest BCUT2D eigenvalue weighted by Gasteiger charge is -2.19. The maximum atomic E-state index is 14.3. The van der Waals surface area contributed by atoms with Gasteiger partial charge in [-0.2, -0.15) is 10.2 Å². The van der Waals surface area contributed by atoms with Gasteiger partial charge in [0.05, 0.1) is 17.9 Å². The molecule has 0 fully saturated rings. The van der Waals surface area contributed by atoms with Crippen LogP contribution in [0.3, 0.4) is 0 Å². The number of hydrogen-bond donors (Lipinski definition) is 1. The number of ether oxygens (including phenoxy) is 2. The van der Waals surface area contributed by atoms with Gasteiger partial charge in [0.15, 0.2) is 5.82 Å². The van der Waals surface area contributed by atoms with Crippen LogP contribution in [0.2, 0.25) is 0 Å². The van der Waals surface area contributed by atoms with Crippen LogP contribution in [0.15, 0.2) is 59.3 Å². The number of halogens is 1. The summed E-state index contributed by atoms with van der Waals surface area (Å²) in [6, 6.07) is 11.2. The van der Waals surface area contributed by atoms with Crippen LogP contribution in [0, 0.1) is 5.82 Å². The highest BCUT2D eigenvalue weighted by molar-refractivity contribution is 5.85. The summed E-state index contributed by atoms with van der Waals surface area (Å²) in [5.74, 6) is 0.142. The monoisotopic (exact) mass is 385 g/mol. The smallest absolute Gasteiger partial charge is 0.412 e. The zero-order valence-corrected chi connectivity index (χ0v) is 16.5. The molecule has 0 atom stereocenters. The minimum atomic E-state index is -0.729. The fourth-order valence-corrected chi connectivity index (χ4v) is 2.16. The first kappa shape index (κ1) is 21.1. The largest absolute Gasteiger partial charge is 0.457 e. The molecule has 1 amide bonds. The minimum absolute atomic E-state index is 0.00343. The predicted octanol–water partition coefficient (Wildman–Crippen LogP) is 6.41. The summed E-state index contributed by atoms with van der Waals surface area (Å²) in [5, 5.41) is 10.3. The fraction of sp³-hybridized carbons (Fsp3) is 0.286. The van der Waals surface area contributed by atoms with E-state index in [1.165, 1.54) is 12.1 Å². The van der Waals surface area contributed by atoms with Crippen LogP contribution in [0.1, 0.15) is 33.3 Å². The Balaban J connectivity index is 2.09. The summed E-state index contributed by atoms with van der Waals surface area (Å²) in [7, 11) is 0. The van der Waals surface area contributed by atoms with Crippen molar-refractivity contribution in [2.75, 3.05) is 11.9 Å². The molecular formula is C21H24FN3O3. The van der Waals surface area contributed by atoms with E-state index in [-0.39, 0.29) is 11.4 Å². The number of nitrogens with zero attached hydrogens (tertiary/aromatic N) is 2. The second-order valence-corrected chi connectivity index (χ2v) is 6.90. The molecule has 148 valence electrons. The Hall–Kier alpha value is -3.22. The van der Waals surface area contributed by atoms with E-state index in [2.05, 4.69) is 22.1 Å². The Labute approximate surface area is 164 Å². The molecule has 6 nitrogen and oxygen atoms in total. The third-order valence-electron chi connectivity index (χ3n) is 3.31. The van der Waals surface area contributed by atoms with Crippen molar-refractivity contribution in [1.82, 2.24) is 0 Å². The lowest BCUT2D eigenvalue weighted by molar-refractivity contribution is 0.0635. The van der Waals surface area contributed by atoms with Gasteiger partial charge in [0, 0.05) is 11.6 Å². The molecule has 0 aliphatic carbocycles. The van der Waals surface area contributed by atoms with Crippen molar-refractivity contribution in [3.8, 4) is 11.5 Å². The summed E-state index contributed by atoms with van der Waals surface area (Å²) in [5.41, 5.74) is 0.590. The summed E-state index contributed by atoms with van der Waals surface area (Å²) < 4.78 is 25.1. The normalized spacial score (nSPS) is 11.3. The van der Waals surface area contributed by atoms with E-state index in [0.29, 0.717) is 18.0 Å². The maximum Gasteiger partial charge on any atom is 0.412 e. The molecule has 0 radical (unpaired) electrons. The molecule has 0 aliphatic heterocycles. The maximum absolute atomic E-state index is 14.3. The molecule has 0 saturated carbocycles.